The van der Waals surface area contributed by atoms with Gasteiger partial charge in [0, 0.05) is 6.07 Å². The molecular formula is C9H10O6S. The first kappa shape index (κ1) is 12.5. The molecule has 0 atom stereocenters. The Balaban J connectivity index is 3.56. The van der Waals surface area contributed by atoms with Gasteiger partial charge in [0.2, 0.25) is 0 Å². The zero-order valence-electron chi connectivity index (χ0n) is 8.63. The van der Waals surface area contributed by atoms with Crippen LogP contribution >= 0.6 is 0 Å². The molecule has 0 unspecified atom stereocenters. The first-order chi connectivity index (χ1) is 7.43. The summed E-state index contributed by atoms with van der Waals surface area (Å²) in [6.07, 6.45) is 0.424. The van der Waals surface area contributed by atoms with Crippen LogP contribution in [0.4, 0.5) is 0 Å². The van der Waals surface area contributed by atoms with E-state index < -0.39 is 15.0 Å². The Hall–Kier alpha value is -1.60. The first-order valence-electron chi connectivity index (χ1n) is 4.12. The third-order valence-electron chi connectivity index (χ3n) is 1.92. The predicted octanol–water partition coefficient (Wildman–Crippen LogP) is 0.763. The molecule has 7 heteroatoms. The SMILES string of the molecule is COc1cc(OC)c(S(=O)(=O)O)cc1C=O. The second-order valence-corrected chi connectivity index (χ2v) is 4.23. The Morgan fingerprint density at radius 3 is 2.12 bits per heavy atom. The molecule has 1 aromatic rings. The summed E-state index contributed by atoms with van der Waals surface area (Å²) in [6, 6.07) is 2.20. The Morgan fingerprint density at radius 1 is 1.19 bits per heavy atom. The predicted molar refractivity (Wildman–Crippen MR) is 54.7 cm³/mol. The van der Waals surface area contributed by atoms with Crippen LogP contribution in [0.5, 0.6) is 11.5 Å². The molecule has 0 fully saturated rings. The molecule has 1 aromatic carbocycles. The fraction of sp³-hybridized carbons (Fsp3) is 0.222. The quantitative estimate of drug-likeness (QED) is 0.623. The van der Waals surface area contributed by atoms with Crippen molar-refractivity contribution in [3.63, 3.8) is 0 Å². The number of rotatable bonds is 4. The molecule has 0 saturated carbocycles. The summed E-state index contributed by atoms with van der Waals surface area (Å²) in [5.74, 6) is 0.0733. The monoisotopic (exact) mass is 246 g/mol. The highest BCUT2D eigenvalue weighted by atomic mass is 32.2. The zero-order chi connectivity index (χ0) is 12.3. The van der Waals surface area contributed by atoms with Gasteiger partial charge in [0.25, 0.3) is 10.1 Å². The van der Waals surface area contributed by atoms with Gasteiger partial charge in [-0.3, -0.25) is 9.35 Å². The largest absolute Gasteiger partial charge is 0.496 e. The van der Waals surface area contributed by atoms with Crippen LogP contribution in [0.3, 0.4) is 0 Å². The maximum atomic E-state index is 11.0. The Bertz CT molecular complexity index is 505. The number of benzene rings is 1. The van der Waals surface area contributed by atoms with Gasteiger partial charge in [0.15, 0.2) is 6.29 Å². The number of carbonyl (C=O) groups excluding carboxylic acids is 1. The van der Waals surface area contributed by atoms with Crippen molar-refractivity contribution in [2.45, 2.75) is 4.90 Å². The molecule has 88 valence electrons. The van der Waals surface area contributed by atoms with Crippen molar-refractivity contribution in [3.8, 4) is 11.5 Å². The van der Waals surface area contributed by atoms with Gasteiger partial charge in [-0.25, -0.2) is 0 Å². The van der Waals surface area contributed by atoms with E-state index in [0.717, 1.165) is 6.07 Å². The van der Waals surface area contributed by atoms with Crippen LogP contribution in [0, 0.1) is 0 Å². The van der Waals surface area contributed by atoms with E-state index in [-0.39, 0.29) is 17.1 Å². The second kappa shape index (κ2) is 4.50. The number of hydrogen-bond donors (Lipinski definition) is 1. The number of ether oxygens (including phenoxy) is 2. The van der Waals surface area contributed by atoms with E-state index in [1.165, 1.54) is 20.3 Å². The molecule has 0 bridgehead atoms. The van der Waals surface area contributed by atoms with E-state index in [0.29, 0.717) is 6.29 Å². The highest BCUT2D eigenvalue weighted by molar-refractivity contribution is 7.86. The molecule has 0 radical (unpaired) electrons. The van der Waals surface area contributed by atoms with Gasteiger partial charge in [0.05, 0.1) is 19.8 Å². The molecule has 1 N–H and O–H groups in total. The summed E-state index contributed by atoms with van der Waals surface area (Å²) in [4.78, 5) is 10.2. The van der Waals surface area contributed by atoms with Crippen LogP contribution in [0.1, 0.15) is 10.4 Å². The molecule has 0 aliphatic rings. The molecule has 0 aliphatic heterocycles. The molecule has 0 aliphatic carbocycles. The van der Waals surface area contributed by atoms with E-state index in [2.05, 4.69) is 0 Å². The van der Waals surface area contributed by atoms with Gasteiger partial charge in [0.1, 0.15) is 16.4 Å². The average molecular weight is 246 g/mol. The van der Waals surface area contributed by atoms with Crippen molar-refractivity contribution in [1.29, 1.82) is 0 Å². The fourth-order valence-electron chi connectivity index (χ4n) is 1.19. The van der Waals surface area contributed by atoms with Crippen molar-refractivity contribution < 1.29 is 27.2 Å². The molecular weight excluding hydrogens is 236 g/mol. The van der Waals surface area contributed by atoms with Gasteiger partial charge in [-0.1, -0.05) is 0 Å². The molecule has 0 heterocycles. The molecule has 0 spiro atoms. The smallest absolute Gasteiger partial charge is 0.298 e. The molecule has 6 nitrogen and oxygen atoms in total. The standard InChI is InChI=1S/C9H10O6S/c1-14-7-4-8(15-2)9(16(11,12)13)3-6(7)5-10/h3-5H,1-2H3,(H,11,12,13). The maximum absolute atomic E-state index is 11.0. The third kappa shape index (κ3) is 2.31. The first-order valence-corrected chi connectivity index (χ1v) is 5.56. The molecule has 0 amide bonds. The average Bonchev–Trinajstić information content (AvgIpc) is 2.25. The van der Waals surface area contributed by atoms with Gasteiger partial charge >= 0.3 is 0 Å². The Morgan fingerprint density at radius 2 is 1.75 bits per heavy atom. The Kier molecular flexibility index (Phi) is 3.51. The summed E-state index contributed by atoms with van der Waals surface area (Å²) in [5.41, 5.74) is 0.0101. The van der Waals surface area contributed by atoms with Gasteiger partial charge < -0.3 is 9.47 Å². The summed E-state index contributed by atoms with van der Waals surface area (Å²) in [6.45, 7) is 0. The van der Waals surface area contributed by atoms with E-state index >= 15 is 0 Å². The molecule has 0 aromatic heterocycles. The van der Waals surface area contributed by atoms with E-state index in [4.69, 9.17) is 14.0 Å². The number of aldehydes is 1. The van der Waals surface area contributed by atoms with Crippen LogP contribution in [0.15, 0.2) is 17.0 Å². The van der Waals surface area contributed by atoms with Crippen LogP contribution in [0.2, 0.25) is 0 Å². The summed E-state index contributed by atoms with van der Waals surface area (Å²) < 4.78 is 40.6. The van der Waals surface area contributed by atoms with Gasteiger partial charge in [-0.05, 0) is 6.07 Å². The third-order valence-corrected chi connectivity index (χ3v) is 2.80. The van der Waals surface area contributed by atoms with Crippen LogP contribution in [-0.2, 0) is 10.1 Å². The number of methoxy groups -OCH3 is 2. The number of hydrogen-bond acceptors (Lipinski definition) is 5. The highest BCUT2D eigenvalue weighted by Crippen LogP contribution is 2.31. The van der Waals surface area contributed by atoms with Gasteiger partial charge in [-0.15, -0.1) is 0 Å². The number of carbonyl (C=O) groups is 1. The van der Waals surface area contributed by atoms with Gasteiger partial charge in [-0.2, -0.15) is 8.42 Å². The lowest BCUT2D eigenvalue weighted by atomic mass is 10.2. The fourth-order valence-corrected chi connectivity index (χ4v) is 1.86. The minimum absolute atomic E-state index is 0.0101. The Labute approximate surface area is 92.5 Å². The minimum atomic E-state index is -4.44. The van der Waals surface area contributed by atoms with Crippen molar-refractivity contribution in [2.75, 3.05) is 14.2 Å². The highest BCUT2D eigenvalue weighted by Gasteiger charge is 2.19. The maximum Gasteiger partial charge on any atom is 0.298 e. The van der Waals surface area contributed by atoms with Crippen LogP contribution in [-0.4, -0.2) is 33.5 Å². The lowest BCUT2D eigenvalue weighted by Gasteiger charge is -2.10. The van der Waals surface area contributed by atoms with Crippen molar-refractivity contribution in [1.82, 2.24) is 0 Å². The normalized spacial score (nSPS) is 10.9. The summed E-state index contributed by atoms with van der Waals surface area (Å²) >= 11 is 0. The topological polar surface area (TPSA) is 89.9 Å². The second-order valence-electron chi connectivity index (χ2n) is 2.84. The van der Waals surface area contributed by atoms with E-state index in [9.17, 15) is 13.2 Å². The lowest BCUT2D eigenvalue weighted by molar-refractivity contribution is 0.112. The van der Waals surface area contributed by atoms with Crippen molar-refractivity contribution >= 4 is 16.4 Å². The molecule has 1 rings (SSSR count). The lowest BCUT2D eigenvalue weighted by Crippen LogP contribution is -2.04. The minimum Gasteiger partial charge on any atom is -0.496 e. The summed E-state index contributed by atoms with van der Waals surface area (Å²) in [7, 11) is -1.87. The molecule has 0 saturated heterocycles. The molecule has 16 heavy (non-hydrogen) atoms. The van der Waals surface area contributed by atoms with Crippen molar-refractivity contribution in [3.05, 3.63) is 17.7 Å². The van der Waals surface area contributed by atoms with Crippen LogP contribution in [0.25, 0.3) is 0 Å². The van der Waals surface area contributed by atoms with E-state index in [1.807, 2.05) is 0 Å². The van der Waals surface area contributed by atoms with Crippen LogP contribution < -0.4 is 9.47 Å². The zero-order valence-corrected chi connectivity index (χ0v) is 9.45. The van der Waals surface area contributed by atoms with Crippen molar-refractivity contribution in [2.24, 2.45) is 0 Å². The van der Waals surface area contributed by atoms with E-state index in [1.54, 1.807) is 0 Å². The summed E-state index contributed by atoms with van der Waals surface area (Å²) in [5, 5.41) is 0.